The molecule has 22 heavy (non-hydrogen) atoms. The first-order valence-corrected chi connectivity index (χ1v) is 7.12. The van der Waals surface area contributed by atoms with E-state index in [9.17, 15) is 14.0 Å². The SMILES string of the molecule is CCOC(=O)C[C@H](NC(=O)OC(C)(C)C)c1cccc(F)c1. The van der Waals surface area contributed by atoms with Crippen LogP contribution in [-0.4, -0.2) is 24.3 Å². The highest BCUT2D eigenvalue weighted by atomic mass is 19.1. The average Bonchev–Trinajstić information content (AvgIpc) is 2.36. The second-order valence-electron chi connectivity index (χ2n) is 5.76. The van der Waals surface area contributed by atoms with Crippen molar-refractivity contribution in [3.05, 3.63) is 35.6 Å². The fraction of sp³-hybridized carbons (Fsp3) is 0.500. The number of rotatable bonds is 5. The van der Waals surface area contributed by atoms with Crippen molar-refractivity contribution in [1.29, 1.82) is 0 Å². The van der Waals surface area contributed by atoms with Gasteiger partial charge in [-0.1, -0.05) is 12.1 Å². The molecule has 6 heteroatoms. The summed E-state index contributed by atoms with van der Waals surface area (Å²) in [5, 5.41) is 2.58. The molecule has 0 fully saturated rings. The monoisotopic (exact) mass is 311 g/mol. The number of hydrogen-bond donors (Lipinski definition) is 1. The first-order chi connectivity index (χ1) is 10.2. The Hall–Kier alpha value is -2.11. The van der Waals surface area contributed by atoms with E-state index >= 15 is 0 Å². The molecule has 0 aliphatic carbocycles. The fourth-order valence-electron chi connectivity index (χ4n) is 1.81. The van der Waals surface area contributed by atoms with Gasteiger partial charge in [0.05, 0.1) is 19.1 Å². The van der Waals surface area contributed by atoms with E-state index in [1.807, 2.05) is 0 Å². The molecular formula is C16H22FNO4. The number of carbonyl (C=O) groups is 2. The molecule has 0 unspecified atom stereocenters. The fourth-order valence-corrected chi connectivity index (χ4v) is 1.81. The molecule has 0 aliphatic rings. The molecule has 0 saturated carbocycles. The molecule has 0 spiro atoms. The van der Waals surface area contributed by atoms with E-state index in [1.54, 1.807) is 33.8 Å². The van der Waals surface area contributed by atoms with Gasteiger partial charge in [-0.3, -0.25) is 4.79 Å². The molecular weight excluding hydrogens is 289 g/mol. The molecule has 1 aromatic carbocycles. The smallest absolute Gasteiger partial charge is 0.408 e. The molecule has 0 radical (unpaired) electrons. The van der Waals surface area contributed by atoms with E-state index in [2.05, 4.69) is 5.32 Å². The number of hydrogen-bond acceptors (Lipinski definition) is 4. The van der Waals surface area contributed by atoms with Gasteiger partial charge in [-0.25, -0.2) is 9.18 Å². The molecule has 1 amide bonds. The Bertz CT molecular complexity index is 525. The minimum absolute atomic E-state index is 0.101. The third-order valence-corrected chi connectivity index (χ3v) is 2.62. The summed E-state index contributed by atoms with van der Waals surface area (Å²) in [6.45, 7) is 7.12. The maximum Gasteiger partial charge on any atom is 0.408 e. The van der Waals surface area contributed by atoms with Gasteiger partial charge >= 0.3 is 12.1 Å². The predicted molar refractivity (Wildman–Crippen MR) is 79.8 cm³/mol. The number of carbonyl (C=O) groups excluding carboxylic acids is 2. The largest absolute Gasteiger partial charge is 0.466 e. The molecule has 122 valence electrons. The van der Waals surface area contributed by atoms with E-state index in [1.165, 1.54) is 18.2 Å². The van der Waals surface area contributed by atoms with Crippen molar-refractivity contribution in [1.82, 2.24) is 5.32 Å². The lowest BCUT2D eigenvalue weighted by atomic mass is 10.0. The average molecular weight is 311 g/mol. The van der Waals surface area contributed by atoms with Crippen molar-refractivity contribution in [3.8, 4) is 0 Å². The van der Waals surface area contributed by atoms with Crippen molar-refractivity contribution in [2.75, 3.05) is 6.61 Å². The van der Waals surface area contributed by atoms with E-state index in [0.29, 0.717) is 5.56 Å². The quantitative estimate of drug-likeness (QED) is 0.847. The van der Waals surface area contributed by atoms with Crippen LogP contribution in [0.25, 0.3) is 0 Å². The van der Waals surface area contributed by atoms with E-state index < -0.39 is 29.5 Å². The Labute approximate surface area is 129 Å². The van der Waals surface area contributed by atoms with Crippen LogP contribution in [0.15, 0.2) is 24.3 Å². The lowest BCUT2D eigenvalue weighted by Gasteiger charge is -2.23. The van der Waals surface area contributed by atoms with Crippen molar-refractivity contribution >= 4 is 12.1 Å². The third kappa shape index (κ3) is 6.56. The molecule has 1 N–H and O–H groups in total. The molecule has 1 atom stereocenters. The van der Waals surface area contributed by atoms with Crippen LogP contribution in [-0.2, 0) is 14.3 Å². The van der Waals surface area contributed by atoms with Crippen molar-refractivity contribution in [2.24, 2.45) is 0 Å². The highest BCUT2D eigenvalue weighted by Crippen LogP contribution is 2.19. The van der Waals surface area contributed by atoms with E-state index in [4.69, 9.17) is 9.47 Å². The Balaban J connectivity index is 2.87. The lowest BCUT2D eigenvalue weighted by Crippen LogP contribution is -2.36. The summed E-state index contributed by atoms with van der Waals surface area (Å²) in [6.07, 6.45) is -0.776. The number of nitrogens with one attached hydrogen (secondary N) is 1. The van der Waals surface area contributed by atoms with Crippen molar-refractivity contribution in [2.45, 2.75) is 45.8 Å². The molecule has 1 rings (SSSR count). The summed E-state index contributed by atoms with van der Waals surface area (Å²) in [5.74, 6) is -0.926. The summed E-state index contributed by atoms with van der Waals surface area (Å²) < 4.78 is 23.4. The normalized spacial score (nSPS) is 12.4. The van der Waals surface area contributed by atoms with Gasteiger partial charge in [-0.2, -0.15) is 0 Å². The molecule has 0 saturated heterocycles. The summed E-state index contributed by atoms with van der Waals surface area (Å²) >= 11 is 0. The second-order valence-corrected chi connectivity index (χ2v) is 5.76. The Kier molecular flexibility index (Phi) is 6.34. The third-order valence-electron chi connectivity index (χ3n) is 2.62. The highest BCUT2D eigenvalue weighted by Gasteiger charge is 2.23. The Morgan fingerprint density at radius 2 is 2.00 bits per heavy atom. The number of halogens is 1. The van der Waals surface area contributed by atoms with Gasteiger partial charge in [0.2, 0.25) is 0 Å². The van der Waals surface area contributed by atoms with Crippen LogP contribution in [0.4, 0.5) is 9.18 Å². The first kappa shape index (κ1) is 17.9. The maximum atomic E-state index is 13.4. The molecule has 0 aliphatic heterocycles. The summed E-state index contributed by atoms with van der Waals surface area (Å²) in [7, 11) is 0. The van der Waals surface area contributed by atoms with Gasteiger partial charge in [0, 0.05) is 0 Å². The molecule has 0 heterocycles. The molecule has 5 nitrogen and oxygen atoms in total. The van der Waals surface area contributed by atoms with Crippen LogP contribution >= 0.6 is 0 Å². The minimum Gasteiger partial charge on any atom is -0.466 e. The first-order valence-electron chi connectivity index (χ1n) is 7.12. The van der Waals surface area contributed by atoms with Crippen molar-refractivity contribution < 1.29 is 23.5 Å². The predicted octanol–water partition coefficient (Wildman–Crippen LogP) is 3.34. The Morgan fingerprint density at radius 1 is 1.32 bits per heavy atom. The zero-order chi connectivity index (χ0) is 16.8. The van der Waals surface area contributed by atoms with Gasteiger partial charge in [0.1, 0.15) is 11.4 Å². The second kappa shape index (κ2) is 7.77. The van der Waals surface area contributed by atoms with Crippen LogP contribution in [0.2, 0.25) is 0 Å². The van der Waals surface area contributed by atoms with Crippen LogP contribution in [0.3, 0.4) is 0 Å². The maximum absolute atomic E-state index is 13.4. The van der Waals surface area contributed by atoms with E-state index in [0.717, 1.165) is 0 Å². The van der Waals surface area contributed by atoms with Crippen molar-refractivity contribution in [3.63, 3.8) is 0 Å². The van der Waals surface area contributed by atoms with Gasteiger partial charge in [0.25, 0.3) is 0 Å². The molecule has 1 aromatic rings. The lowest BCUT2D eigenvalue weighted by molar-refractivity contribution is -0.143. The number of amides is 1. The van der Waals surface area contributed by atoms with Crippen LogP contribution < -0.4 is 5.32 Å². The zero-order valence-electron chi connectivity index (χ0n) is 13.3. The topological polar surface area (TPSA) is 64.6 Å². The Morgan fingerprint density at radius 3 is 2.55 bits per heavy atom. The van der Waals surface area contributed by atoms with Gasteiger partial charge < -0.3 is 14.8 Å². The van der Waals surface area contributed by atoms with Gasteiger partial charge in [-0.15, -0.1) is 0 Å². The summed E-state index contributed by atoms with van der Waals surface area (Å²) in [4.78, 5) is 23.6. The zero-order valence-corrected chi connectivity index (χ0v) is 13.3. The summed E-state index contributed by atoms with van der Waals surface area (Å²) in [6, 6.07) is 4.98. The summed E-state index contributed by atoms with van der Waals surface area (Å²) in [5.41, 5.74) is -0.195. The number of benzene rings is 1. The number of ether oxygens (including phenoxy) is 2. The van der Waals surface area contributed by atoms with Gasteiger partial charge in [0.15, 0.2) is 0 Å². The highest BCUT2D eigenvalue weighted by molar-refractivity contribution is 5.73. The van der Waals surface area contributed by atoms with Crippen LogP contribution in [0.5, 0.6) is 0 Å². The minimum atomic E-state index is -0.718. The van der Waals surface area contributed by atoms with Crippen LogP contribution in [0.1, 0.15) is 45.7 Å². The standard InChI is InChI=1S/C16H22FNO4/c1-5-21-14(19)10-13(11-7-6-8-12(17)9-11)18-15(20)22-16(2,3)4/h6-9,13H,5,10H2,1-4H3,(H,18,20)/t13-/m0/s1. The molecule has 0 aromatic heterocycles. The van der Waals surface area contributed by atoms with Gasteiger partial charge in [-0.05, 0) is 45.4 Å². The van der Waals surface area contributed by atoms with E-state index in [-0.39, 0.29) is 13.0 Å². The van der Waals surface area contributed by atoms with Crippen LogP contribution in [0, 0.1) is 5.82 Å². The molecule has 0 bridgehead atoms. The number of alkyl carbamates (subject to hydrolysis) is 1. The number of esters is 1.